The Morgan fingerprint density at radius 1 is 1.33 bits per heavy atom. The van der Waals surface area contributed by atoms with Crippen LogP contribution in [-0.2, 0) is 6.54 Å². The predicted molar refractivity (Wildman–Crippen MR) is 85.8 cm³/mol. The number of hydrogen-bond acceptors (Lipinski definition) is 3. The summed E-state index contributed by atoms with van der Waals surface area (Å²) in [4.78, 5) is 16.4. The van der Waals surface area contributed by atoms with Crippen molar-refractivity contribution < 1.29 is 4.79 Å². The molecule has 1 amide bonds. The first-order valence-electron chi connectivity index (χ1n) is 6.83. The van der Waals surface area contributed by atoms with Gasteiger partial charge in [0.2, 0.25) is 0 Å². The van der Waals surface area contributed by atoms with E-state index in [1.165, 1.54) is 0 Å². The Hall–Kier alpha value is -2.07. The molecule has 2 N–H and O–H groups in total. The molecule has 0 unspecified atom stereocenters. The van der Waals surface area contributed by atoms with Gasteiger partial charge in [0.05, 0.1) is 5.56 Å². The summed E-state index contributed by atoms with van der Waals surface area (Å²) in [5.74, 6) is -0.156. The van der Waals surface area contributed by atoms with Gasteiger partial charge in [-0.1, -0.05) is 11.6 Å². The van der Waals surface area contributed by atoms with Crippen LogP contribution in [0.4, 0.5) is 5.69 Å². The van der Waals surface area contributed by atoms with E-state index in [-0.39, 0.29) is 5.91 Å². The Kier molecular flexibility index (Phi) is 5.17. The molecule has 0 aliphatic heterocycles. The third-order valence-corrected chi connectivity index (χ3v) is 3.42. The van der Waals surface area contributed by atoms with Gasteiger partial charge in [0.25, 0.3) is 5.91 Å². The molecular formula is C16H18ClN3O. The van der Waals surface area contributed by atoms with Crippen LogP contribution < -0.4 is 10.6 Å². The fraction of sp³-hybridized carbons (Fsp3) is 0.250. The van der Waals surface area contributed by atoms with Crippen LogP contribution in [-0.4, -0.2) is 17.4 Å². The maximum absolute atomic E-state index is 12.3. The molecular weight excluding hydrogens is 286 g/mol. The number of carbonyl (C=O) groups excluding carboxylic acids is 1. The second-order valence-electron chi connectivity index (χ2n) is 4.71. The molecule has 0 saturated carbocycles. The van der Waals surface area contributed by atoms with E-state index in [2.05, 4.69) is 15.6 Å². The normalized spacial score (nSPS) is 10.2. The molecule has 0 aliphatic rings. The van der Waals surface area contributed by atoms with E-state index >= 15 is 0 Å². The number of nitrogens with one attached hydrogen (secondary N) is 2. The molecule has 1 heterocycles. The second kappa shape index (κ2) is 7.09. The topological polar surface area (TPSA) is 54.0 Å². The van der Waals surface area contributed by atoms with Crippen LogP contribution in [0.5, 0.6) is 0 Å². The number of carbonyl (C=O) groups is 1. The van der Waals surface area contributed by atoms with Crippen molar-refractivity contribution in [1.29, 1.82) is 0 Å². The molecule has 2 aromatic rings. The third-order valence-electron chi connectivity index (χ3n) is 3.18. The number of benzene rings is 1. The van der Waals surface area contributed by atoms with Crippen molar-refractivity contribution in [2.24, 2.45) is 0 Å². The average Bonchev–Trinajstić information content (AvgIpc) is 2.48. The molecule has 0 spiro atoms. The number of amides is 1. The van der Waals surface area contributed by atoms with Gasteiger partial charge in [-0.15, -0.1) is 0 Å². The van der Waals surface area contributed by atoms with E-state index in [1.54, 1.807) is 24.5 Å². The van der Waals surface area contributed by atoms with Crippen molar-refractivity contribution in [1.82, 2.24) is 10.3 Å². The quantitative estimate of drug-likeness (QED) is 0.890. The Morgan fingerprint density at radius 3 is 2.86 bits per heavy atom. The molecule has 5 heteroatoms. The Bertz CT molecular complexity index is 643. The zero-order chi connectivity index (χ0) is 15.2. The third kappa shape index (κ3) is 3.95. The van der Waals surface area contributed by atoms with Gasteiger partial charge in [0.15, 0.2) is 0 Å². The monoisotopic (exact) mass is 303 g/mol. The van der Waals surface area contributed by atoms with Crippen LogP contribution >= 0.6 is 11.6 Å². The molecule has 110 valence electrons. The number of hydrogen-bond donors (Lipinski definition) is 2. The average molecular weight is 304 g/mol. The molecule has 0 saturated heterocycles. The van der Waals surface area contributed by atoms with E-state index in [9.17, 15) is 4.79 Å². The lowest BCUT2D eigenvalue weighted by Gasteiger charge is -2.12. The van der Waals surface area contributed by atoms with Crippen LogP contribution in [0.1, 0.15) is 28.4 Å². The van der Waals surface area contributed by atoms with Crippen molar-refractivity contribution in [3.63, 3.8) is 0 Å². The van der Waals surface area contributed by atoms with Gasteiger partial charge >= 0.3 is 0 Å². The van der Waals surface area contributed by atoms with Gasteiger partial charge in [0.1, 0.15) is 0 Å². The molecule has 1 aromatic heterocycles. The number of anilines is 1. The van der Waals surface area contributed by atoms with Crippen molar-refractivity contribution >= 4 is 23.2 Å². The maximum atomic E-state index is 12.3. The summed E-state index contributed by atoms with van der Waals surface area (Å²) in [7, 11) is 0. The summed E-state index contributed by atoms with van der Waals surface area (Å²) in [6.07, 6.45) is 3.50. The molecule has 4 nitrogen and oxygen atoms in total. The van der Waals surface area contributed by atoms with Crippen molar-refractivity contribution in [3.8, 4) is 0 Å². The van der Waals surface area contributed by atoms with Crippen molar-refractivity contribution in [3.05, 3.63) is 58.4 Å². The first-order chi connectivity index (χ1) is 10.1. The van der Waals surface area contributed by atoms with Gasteiger partial charge in [-0.3, -0.25) is 9.78 Å². The first kappa shape index (κ1) is 15.3. The Balaban J connectivity index is 2.13. The molecule has 0 fully saturated rings. The highest BCUT2D eigenvalue weighted by atomic mass is 35.5. The minimum Gasteiger partial charge on any atom is -0.385 e. The lowest BCUT2D eigenvalue weighted by atomic mass is 10.1. The maximum Gasteiger partial charge on any atom is 0.253 e. The number of rotatable bonds is 5. The summed E-state index contributed by atoms with van der Waals surface area (Å²) in [6, 6.07) is 7.17. The van der Waals surface area contributed by atoms with E-state index in [1.807, 2.05) is 26.0 Å². The highest BCUT2D eigenvalue weighted by Crippen LogP contribution is 2.20. The van der Waals surface area contributed by atoms with Crippen molar-refractivity contribution in [2.75, 3.05) is 11.9 Å². The predicted octanol–water partition coefficient (Wildman–Crippen LogP) is 3.41. The van der Waals surface area contributed by atoms with E-state index in [0.717, 1.165) is 23.4 Å². The Morgan fingerprint density at radius 2 is 2.14 bits per heavy atom. The van der Waals surface area contributed by atoms with E-state index in [4.69, 9.17) is 11.6 Å². The fourth-order valence-corrected chi connectivity index (χ4v) is 2.17. The van der Waals surface area contributed by atoms with Gasteiger partial charge < -0.3 is 10.6 Å². The molecule has 0 bridgehead atoms. The molecule has 0 radical (unpaired) electrons. The summed E-state index contributed by atoms with van der Waals surface area (Å²) >= 11 is 5.99. The minimum atomic E-state index is -0.156. The summed E-state index contributed by atoms with van der Waals surface area (Å²) in [5, 5.41) is 6.61. The first-order valence-corrected chi connectivity index (χ1v) is 7.20. The van der Waals surface area contributed by atoms with Gasteiger partial charge in [-0.2, -0.15) is 0 Å². The standard InChI is InChI=1S/C16H18ClN3O/c1-3-19-15-5-4-13(17)8-14(15)16(21)20-10-12-9-18-7-6-11(12)2/h4-9,19H,3,10H2,1-2H3,(H,20,21). The summed E-state index contributed by atoms with van der Waals surface area (Å²) in [5.41, 5.74) is 3.43. The van der Waals surface area contributed by atoms with Crippen LogP contribution in [0.25, 0.3) is 0 Å². The molecule has 0 aliphatic carbocycles. The van der Waals surface area contributed by atoms with Crippen LogP contribution in [0.3, 0.4) is 0 Å². The molecule has 1 aromatic carbocycles. The molecule has 2 rings (SSSR count). The van der Waals surface area contributed by atoms with Crippen LogP contribution in [0.15, 0.2) is 36.7 Å². The van der Waals surface area contributed by atoms with E-state index in [0.29, 0.717) is 17.1 Å². The largest absolute Gasteiger partial charge is 0.385 e. The number of nitrogens with zero attached hydrogens (tertiary/aromatic N) is 1. The number of aryl methyl sites for hydroxylation is 1. The lowest BCUT2D eigenvalue weighted by Crippen LogP contribution is -2.24. The zero-order valence-electron chi connectivity index (χ0n) is 12.1. The number of pyridine rings is 1. The molecule has 0 atom stereocenters. The van der Waals surface area contributed by atoms with Gasteiger partial charge in [0, 0.05) is 36.2 Å². The SMILES string of the molecule is CCNc1ccc(Cl)cc1C(=O)NCc1cnccc1C. The second-order valence-corrected chi connectivity index (χ2v) is 5.14. The highest BCUT2D eigenvalue weighted by Gasteiger charge is 2.12. The smallest absolute Gasteiger partial charge is 0.253 e. The Labute approximate surface area is 129 Å². The lowest BCUT2D eigenvalue weighted by molar-refractivity contribution is 0.0951. The number of aromatic nitrogens is 1. The van der Waals surface area contributed by atoms with Crippen molar-refractivity contribution in [2.45, 2.75) is 20.4 Å². The van der Waals surface area contributed by atoms with Crippen LogP contribution in [0.2, 0.25) is 5.02 Å². The highest BCUT2D eigenvalue weighted by molar-refractivity contribution is 6.31. The number of halogens is 1. The van der Waals surface area contributed by atoms with Gasteiger partial charge in [-0.25, -0.2) is 0 Å². The summed E-state index contributed by atoms with van der Waals surface area (Å²) in [6.45, 7) is 5.15. The van der Waals surface area contributed by atoms with E-state index < -0.39 is 0 Å². The summed E-state index contributed by atoms with van der Waals surface area (Å²) < 4.78 is 0. The molecule has 21 heavy (non-hydrogen) atoms. The zero-order valence-corrected chi connectivity index (χ0v) is 12.9. The van der Waals surface area contributed by atoms with Crippen LogP contribution in [0, 0.1) is 6.92 Å². The van der Waals surface area contributed by atoms with Gasteiger partial charge in [-0.05, 0) is 49.2 Å². The minimum absolute atomic E-state index is 0.156. The fourth-order valence-electron chi connectivity index (χ4n) is 2.00.